The van der Waals surface area contributed by atoms with Crippen LogP contribution in [-0.2, 0) is 0 Å². The maximum absolute atomic E-state index is 11.8. The second-order valence-corrected chi connectivity index (χ2v) is 5.39. The summed E-state index contributed by atoms with van der Waals surface area (Å²) in [6, 6.07) is 7.88. The van der Waals surface area contributed by atoms with Gasteiger partial charge in [-0.2, -0.15) is 0 Å². The predicted octanol–water partition coefficient (Wildman–Crippen LogP) is 2.31. The van der Waals surface area contributed by atoms with Crippen molar-refractivity contribution in [3.05, 3.63) is 40.9 Å². The van der Waals surface area contributed by atoms with E-state index in [1.54, 1.807) is 12.3 Å². The average molecular weight is 291 g/mol. The summed E-state index contributed by atoms with van der Waals surface area (Å²) in [6.45, 7) is 3.84. The highest BCUT2D eigenvalue weighted by molar-refractivity contribution is 7.14. The van der Waals surface area contributed by atoms with Crippen LogP contribution < -0.4 is 10.6 Å². The van der Waals surface area contributed by atoms with Crippen LogP contribution in [0.5, 0.6) is 0 Å². The van der Waals surface area contributed by atoms with Crippen LogP contribution >= 0.6 is 11.3 Å². The molecular formula is C14H17N3O2S. The second kappa shape index (κ2) is 6.49. The second-order valence-electron chi connectivity index (χ2n) is 4.54. The SMILES string of the molecule is Cc1ccccc1Nc1nc(C(=O)NCC(C)O)cs1. The fourth-order valence-corrected chi connectivity index (χ4v) is 2.30. The number of carbonyl (C=O) groups is 1. The molecule has 20 heavy (non-hydrogen) atoms. The molecule has 106 valence electrons. The molecule has 0 saturated heterocycles. The van der Waals surface area contributed by atoms with Crippen LogP contribution in [0.2, 0.25) is 0 Å². The summed E-state index contributed by atoms with van der Waals surface area (Å²) in [7, 11) is 0. The molecule has 6 heteroatoms. The van der Waals surface area contributed by atoms with E-state index in [2.05, 4.69) is 15.6 Å². The Kier molecular flexibility index (Phi) is 4.70. The Morgan fingerprint density at radius 2 is 2.20 bits per heavy atom. The van der Waals surface area contributed by atoms with Gasteiger partial charge < -0.3 is 15.7 Å². The third-order valence-corrected chi connectivity index (χ3v) is 3.44. The zero-order valence-corrected chi connectivity index (χ0v) is 12.2. The number of aromatic nitrogens is 1. The molecule has 1 aromatic carbocycles. The average Bonchev–Trinajstić information content (AvgIpc) is 2.87. The molecule has 5 nitrogen and oxygen atoms in total. The first-order chi connectivity index (χ1) is 9.56. The van der Waals surface area contributed by atoms with Gasteiger partial charge in [0.05, 0.1) is 6.10 Å². The van der Waals surface area contributed by atoms with Crippen molar-refractivity contribution in [3.63, 3.8) is 0 Å². The molecule has 0 radical (unpaired) electrons. The number of thiazole rings is 1. The van der Waals surface area contributed by atoms with Crippen LogP contribution in [0.4, 0.5) is 10.8 Å². The van der Waals surface area contributed by atoms with E-state index in [0.717, 1.165) is 11.3 Å². The van der Waals surface area contributed by atoms with E-state index in [9.17, 15) is 4.79 Å². The van der Waals surface area contributed by atoms with Gasteiger partial charge >= 0.3 is 0 Å². The van der Waals surface area contributed by atoms with Crippen molar-refractivity contribution in [2.75, 3.05) is 11.9 Å². The van der Waals surface area contributed by atoms with E-state index >= 15 is 0 Å². The molecule has 2 rings (SSSR count). The molecule has 1 atom stereocenters. The first kappa shape index (κ1) is 14.5. The minimum atomic E-state index is -0.567. The van der Waals surface area contributed by atoms with Gasteiger partial charge in [-0.1, -0.05) is 18.2 Å². The normalized spacial score (nSPS) is 11.9. The number of para-hydroxylation sites is 1. The highest BCUT2D eigenvalue weighted by Gasteiger charge is 2.11. The summed E-state index contributed by atoms with van der Waals surface area (Å²) in [5, 5.41) is 17.3. The van der Waals surface area contributed by atoms with E-state index < -0.39 is 6.10 Å². The van der Waals surface area contributed by atoms with Gasteiger partial charge in [0.25, 0.3) is 5.91 Å². The molecule has 1 unspecified atom stereocenters. The number of amides is 1. The van der Waals surface area contributed by atoms with Crippen LogP contribution in [-0.4, -0.2) is 28.6 Å². The fraction of sp³-hybridized carbons (Fsp3) is 0.286. The molecule has 0 aliphatic rings. The number of aliphatic hydroxyl groups is 1. The Labute approximate surface area is 121 Å². The number of benzene rings is 1. The van der Waals surface area contributed by atoms with Gasteiger partial charge in [0, 0.05) is 17.6 Å². The standard InChI is InChI=1S/C14H17N3O2S/c1-9-5-3-4-6-11(9)16-14-17-12(8-20-14)13(19)15-7-10(2)18/h3-6,8,10,18H,7H2,1-2H3,(H,15,19)(H,16,17). The fourth-order valence-electron chi connectivity index (χ4n) is 1.59. The Hall–Kier alpha value is -1.92. The summed E-state index contributed by atoms with van der Waals surface area (Å²) in [5.74, 6) is -0.278. The molecule has 2 aromatic rings. The molecule has 1 amide bonds. The molecular weight excluding hydrogens is 274 g/mol. The van der Waals surface area contributed by atoms with Crippen molar-refractivity contribution in [1.29, 1.82) is 0 Å². The van der Waals surface area contributed by atoms with E-state index in [-0.39, 0.29) is 12.5 Å². The van der Waals surface area contributed by atoms with Crippen molar-refractivity contribution in [3.8, 4) is 0 Å². The number of hydrogen-bond acceptors (Lipinski definition) is 5. The number of rotatable bonds is 5. The quantitative estimate of drug-likeness (QED) is 0.790. The Morgan fingerprint density at radius 1 is 1.45 bits per heavy atom. The van der Waals surface area contributed by atoms with E-state index in [1.165, 1.54) is 11.3 Å². The van der Waals surface area contributed by atoms with Crippen LogP contribution in [0.3, 0.4) is 0 Å². The molecule has 0 saturated carbocycles. The molecule has 1 aromatic heterocycles. The van der Waals surface area contributed by atoms with Gasteiger partial charge in [0.15, 0.2) is 5.13 Å². The highest BCUT2D eigenvalue weighted by atomic mass is 32.1. The zero-order chi connectivity index (χ0) is 14.5. The smallest absolute Gasteiger partial charge is 0.270 e. The van der Waals surface area contributed by atoms with Crippen LogP contribution in [0.25, 0.3) is 0 Å². The van der Waals surface area contributed by atoms with Crippen molar-refractivity contribution in [2.24, 2.45) is 0 Å². The summed E-state index contributed by atoms with van der Waals surface area (Å²) < 4.78 is 0. The topological polar surface area (TPSA) is 74.2 Å². The third kappa shape index (κ3) is 3.79. The van der Waals surface area contributed by atoms with Gasteiger partial charge in [-0.05, 0) is 25.5 Å². The number of aryl methyl sites for hydroxylation is 1. The van der Waals surface area contributed by atoms with Crippen LogP contribution in [0, 0.1) is 6.92 Å². The summed E-state index contributed by atoms with van der Waals surface area (Å²) in [5.41, 5.74) is 2.44. The number of nitrogens with one attached hydrogen (secondary N) is 2. The molecule has 3 N–H and O–H groups in total. The lowest BCUT2D eigenvalue weighted by Gasteiger charge is -2.06. The van der Waals surface area contributed by atoms with Gasteiger partial charge in [-0.3, -0.25) is 4.79 Å². The number of hydrogen-bond donors (Lipinski definition) is 3. The van der Waals surface area contributed by atoms with Crippen LogP contribution in [0.1, 0.15) is 23.0 Å². The van der Waals surface area contributed by atoms with Crippen molar-refractivity contribution in [2.45, 2.75) is 20.0 Å². The molecule has 0 aliphatic carbocycles. The monoisotopic (exact) mass is 291 g/mol. The largest absolute Gasteiger partial charge is 0.392 e. The van der Waals surface area contributed by atoms with Crippen molar-refractivity contribution < 1.29 is 9.90 Å². The van der Waals surface area contributed by atoms with Gasteiger partial charge in [0.1, 0.15) is 5.69 Å². The minimum Gasteiger partial charge on any atom is -0.392 e. The van der Waals surface area contributed by atoms with Crippen molar-refractivity contribution in [1.82, 2.24) is 10.3 Å². The molecule has 0 fully saturated rings. The molecule has 0 spiro atoms. The van der Waals surface area contributed by atoms with Gasteiger partial charge in [0.2, 0.25) is 0 Å². The number of nitrogens with zero attached hydrogens (tertiary/aromatic N) is 1. The van der Waals surface area contributed by atoms with Crippen LogP contribution in [0.15, 0.2) is 29.6 Å². The lowest BCUT2D eigenvalue weighted by atomic mass is 10.2. The van der Waals surface area contributed by atoms with E-state index in [0.29, 0.717) is 10.8 Å². The number of carbonyl (C=O) groups excluding carboxylic acids is 1. The third-order valence-electron chi connectivity index (χ3n) is 2.68. The van der Waals surface area contributed by atoms with Crippen molar-refractivity contribution >= 4 is 28.1 Å². The first-order valence-corrected chi connectivity index (χ1v) is 7.18. The van der Waals surface area contributed by atoms with Gasteiger partial charge in [-0.25, -0.2) is 4.98 Å². The lowest BCUT2D eigenvalue weighted by molar-refractivity contribution is 0.0920. The Balaban J connectivity index is 2.02. The number of aliphatic hydroxyl groups excluding tert-OH is 1. The molecule has 0 bridgehead atoms. The number of anilines is 2. The molecule has 1 heterocycles. The lowest BCUT2D eigenvalue weighted by Crippen LogP contribution is -2.30. The first-order valence-electron chi connectivity index (χ1n) is 6.30. The van der Waals surface area contributed by atoms with E-state index in [1.807, 2.05) is 31.2 Å². The zero-order valence-electron chi connectivity index (χ0n) is 11.4. The maximum Gasteiger partial charge on any atom is 0.270 e. The maximum atomic E-state index is 11.8. The predicted molar refractivity (Wildman–Crippen MR) is 80.6 cm³/mol. The van der Waals surface area contributed by atoms with E-state index in [4.69, 9.17) is 5.11 Å². The molecule has 0 aliphatic heterocycles. The highest BCUT2D eigenvalue weighted by Crippen LogP contribution is 2.23. The summed E-state index contributed by atoms with van der Waals surface area (Å²) >= 11 is 1.37. The Bertz CT molecular complexity index is 596. The Morgan fingerprint density at radius 3 is 2.90 bits per heavy atom. The summed E-state index contributed by atoms with van der Waals surface area (Å²) in [4.78, 5) is 16.0. The summed E-state index contributed by atoms with van der Waals surface area (Å²) in [6.07, 6.45) is -0.567. The van der Waals surface area contributed by atoms with Gasteiger partial charge in [-0.15, -0.1) is 11.3 Å². The minimum absolute atomic E-state index is 0.219.